The first-order valence-corrected chi connectivity index (χ1v) is 12.2. The first-order chi connectivity index (χ1) is 16.2. The molecule has 0 spiro atoms. The van der Waals surface area contributed by atoms with Crippen molar-refractivity contribution in [2.24, 2.45) is 0 Å². The largest absolute Gasteiger partial charge is 0.418 e. The topological polar surface area (TPSA) is 84.3 Å². The lowest BCUT2D eigenvalue weighted by Gasteiger charge is -2.20. The molecular weight excluding hydrogens is 469 g/mol. The molecule has 34 heavy (non-hydrogen) atoms. The maximum Gasteiger partial charge on any atom is 0.418 e. The molecule has 1 aliphatic heterocycles. The van der Waals surface area contributed by atoms with E-state index in [1.54, 1.807) is 6.07 Å². The number of sulfonamides is 1. The van der Waals surface area contributed by atoms with Crippen molar-refractivity contribution >= 4 is 21.6 Å². The van der Waals surface area contributed by atoms with Crippen molar-refractivity contribution < 1.29 is 26.4 Å². The maximum atomic E-state index is 13.7. The van der Waals surface area contributed by atoms with Crippen molar-refractivity contribution in [3.8, 4) is 5.69 Å². The number of carbonyl (C=O) groups is 1. The van der Waals surface area contributed by atoms with Crippen LogP contribution in [0.3, 0.4) is 0 Å². The Kier molecular flexibility index (Phi) is 6.76. The van der Waals surface area contributed by atoms with Gasteiger partial charge in [0.1, 0.15) is 0 Å². The van der Waals surface area contributed by atoms with Gasteiger partial charge in [0.05, 0.1) is 21.8 Å². The zero-order chi connectivity index (χ0) is 24.3. The van der Waals surface area contributed by atoms with E-state index in [1.165, 1.54) is 51.7 Å². The van der Waals surface area contributed by atoms with E-state index in [0.717, 1.165) is 37.8 Å². The van der Waals surface area contributed by atoms with Crippen LogP contribution in [-0.4, -0.2) is 41.5 Å². The molecule has 1 fully saturated rings. The highest BCUT2D eigenvalue weighted by molar-refractivity contribution is 7.89. The van der Waals surface area contributed by atoms with Gasteiger partial charge in [-0.2, -0.15) is 22.6 Å². The molecule has 0 radical (unpaired) electrons. The highest BCUT2D eigenvalue weighted by Gasteiger charge is 2.35. The van der Waals surface area contributed by atoms with E-state index in [1.807, 2.05) is 0 Å². The molecule has 0 unspecified atom stereocenters. The number of anilines is 1. The second kappa shape index (κ2) is 9.59. The van der Waals surface area contributed by atoms with Gasteiger partial charge in [0.15, 0.2) is 0 Å². The van der Waals surface area contributed by atoms with Crippen LogP contribution in [0.5, 0.6) is 0 Å². The van der Waals surface area contributed by atoms with Crippen molar-refractivity contribution in [1.29, 1.82) is 0 Å². The molecular formula is C23H23F3N4O3S. The van der Waals surface area contributed by atoms with Gasteiger partial charge < -0.3 is 5.32 Å². The van der Waals surface area contributed by atoms with Crippen molar-refractivity contribution in [2.75, 3.05) is 18.4 Å². The lowest BCUT2D eigenvalue weighted by Crippen LogP contribution is -2.32. The van der Waals surface area contributed by atoms with Crippen LogP contribution in [-0.2, 0) is 16.2 Å². The van der Waals surface area contributed by atoms with Crippen molar-refractivity contribution in [1.82, 2.24) is 14.1 Å². The molecule has 1 aromatic heterocycles. The molecule has 11 heteroatoms. The first-order valence-electron chi connectivity index (χ1n) is 10.8. The summed E-state index contributed by atoms with van der Waals surface area (Å²) in [5.41, 5.74) is -1.35. The second-order valence-corrected chi connectivity index (χ2v) is 9.92. The fraction of sp³-hybridized carbons (Fsp3) is 0.304. The molecule has 4 rings (SSSR count). The summed E-state index contributed by atoms with van der Waals surface area (Å²) in [4.78, 5) is 12.8. The van der Waals surface area contributed by atoms with Gasteiger partial charge in [-0.3, -0.25) is 4.79 Å². The summed E-state index contributed by atoms with van der Waals surface area (Å²) in [6.07, 6.45) is 1.63. The molecule has 1 aliphatic rings. The highest BCUT2D eigenvalue weighted by Crippen LogP contribution is 2.36. The number of nitrogens with zero attached hydrogens (tertiary/aromatic N) is 3. The smallest absolute Gasteiger partial charge is 0.321 e. The normalized spacial score (nSPS) is 15.6. The quantitative estimate of drug-likeness (QED) is 0.559. The number of halogens is 3. The Bertz CT molecular complexity index is 1270. The van der Waals surface area contributed by atoms with Gasteiger partial charge in [0.2, 0.25) is 10.0 Å². The van der Waals surface area contributed by atoms with E-state index >= 15 is 0 Å². The number of nitrogens with one attached hydrogen (secondary N) is 1. The fourth-order valence-electron chi connectivity index (χ4n) is 3.86. The highest BCUT2D eigenvalue weighted by atomic mass is 32.2. The molecule has 2 aromatic carbocycles. The Morgan fingerprint density at radius 2 is 1.71 bits per heavy atom. The van der Waals surface area contributed by atoms with Gasteiger partial charge in [-0.05, 0) is 55.3 Å². The maximum absolute atomic E-state index is 13.7. The minimum Gasteiger partial charge on any atom is -0.321 e. The standard InChI is InChI=1S/C23H23F3N4O3S/c24-23(25,26)20-16-18(30-14-6-11-27-30)9-10-21(20)28-22(31)17-7-5-8-19(15-17)34(32,33)29-12-3-1-2-4-13-29/h5-11,14-16H,1-4,12-13H2,(H,28,31). The molecule has 3 aromatic rings. The summed E-state index contributed by atoms with van der Waals surface area (Å²) < 4.78 is 69.9. The lowest BCUT2D eigenvalue weighted by atomic mass is 10.1. The molecule has 180 valence electrons. The molecule has 2 heterocycles. The van der Waals surface area contributed by atoms with Crippen LogP contribution in [0.25, 0.3) is 5.69 Å². The van der Waals surface area contributed by atoms with Crippen LogP contribution in [0, 0.1) is 0 Å². The fourth-order valence-corrected chi connectivity index (χ4v) is 5.43. The van der Waals surface area contributed by atoms with Gasteiger partial charge in [-0.15, -0.1) is 0 Å². The van der Waals surface area contributed by atoms with E-state index < -0.39 is 33.4 Å². The minimum absolute atomic E-state index is 0.0554. The van der Waals surface area contributed by atoms with Crippen molar-refractivity contribution in [3.05, 3.63) is 72.1 Å². The summed E-state index contributed by atoms with van der Waals surface area (Å²) in [5, 5.41) is 6.20. The molecule has 0 atom stereocenters. The van der Waals surface area contributed by atoms with Gasteiger partial charge in [-0.25, -0.2) is 13.1 Å². The number of amides is 1. The van der Waals surface area contributed by atoms with E-state index in [2.05, 4.69) is 10.4 Å². The summed E-state index contributed by atoms with van der Waals surface area (Å²) in [6, 6.07) is 10.4. The van der Waals surface area contributed by atoms with E-state index in [9.17, 15) is 26.4 Å². The molecule has 1 N–H and O–H groups in total. The van der Waals surface area contributed by atoms with Gasteiger partial charge in [0.25, 0.3) is 5.91 Å². The molecule has 0 bridgehead atoms. The van der Waals surface area contributed by atoms with Crippen molar-refractivity contribution in [3.63, 3.8) is 0 Å². The van der Waals surface area contributed by atoms with Gasteiger partial charge >= 0.3 is 6.18 Å². The molecule has 1 saturated heterocycles. The zero-order valence-corrected chi connectivity index (χ0v) is 18.9. The third-order valence-electron chi connectivity index (χ3n) is 5.62. The van der Waals surface area contributed by atoms with Crippen molar-refractivity contribution in [2.45, 2.75) is 36.8 Å². The number of hydrogen-bond acceptors (Lipinski definition) is 4. The first kappa shape index (κ1) is 24.0. The minimum atomic E-state index is -4.73. The third-order valence-corrected chi connectivity index (χ3v) is 7.52. The van der Waals surface area contributed by atoms with Crippen LogP contribution in [0.2, 0.25) is 0 Å². The zero-order valence-electron chi connectivity index (χ0n) is 18.1. The summed E-state index contributed by atoms with van der Waals surface area (Å²) in [5.74, 6) is -0.842. The summed E-state index contributed by atoms with van der Waals surface area (Å²) >= 11 is 0. The third kappa shape index (κ3) is 5.15. The van der Waals surface area contributed by atoms with E-state index in [4.69, 9.17) is 0 Å². The summed E-state index contributed by atoms with van der Waals surface area (Å²) in [6.45, 7) is 0.798. The van der Waals surface area contributed by atoms with E-state index in [0.29, 0.717) is 13.1 Å². The molecule has 1 amide bonds. The molecule has 7 nitrogen and oxygen atoms in total. The number of carbonyl (C=O) groups excluding carboxylic acids is 1. The van der Waals surface area contributed by atoms with Gasteiger partial charge in [-0.1, -0.05) is 18.9 Å². The number of benzene rings is 2. The monoisotopic (exact) mass is 492 g/mol. The Morgan fingerprint density at radius 1 is 0.971 bits per heavy atom. The predicted molar refractivity (Wildman–Crippen MR) is 120 cm³/mol. The molecule has 0 saturated carbocycles. The number of aromatic nitrogens is 2. The van der Waals surface area contributed by atoms with Crippen LogP contribution in [0.15, 0.2) is 65.8 Å². The van der Waals surface area contributed by atoms with E-state index in [-0.39, 0.29) is 16.1 Å². The lowest BCUT2D eigenvalue weighted by molar-refractivity contribution is -0.136. The number of hydrogen-bond donors (Lipinski definition) is 1. The van der Waals surface area contributed by atoms with Crippen LogP contribution >= 0.6 is 0 Å². The second-order valence-electron chi connectivity index (χ2n) is 7.98. The Balaban J connectivity index is 1.61. The average molecular weight is 493 g/mol. The molecule has 0 aliphatic carbocycles. The van der Waals surface area contributed by atoms with Gasteiger partial charge in [0, 0.05) is 31.0 Å². The predicted octanol–water partition coefficient (Wildman–Crippen LogP) is 4.71. The Hall–Kier alpha value is -3.18. The van der Waals surface area contributed by atoms with Crippen LogP contribution < -0.4 is 5.32 Å². The van der Waals surface area contributed by atoms with Crippen LogP contribution in [0.1, 0.15) is 41.6 Å². The summed E-state index contributed by atoms with van der Waals surface area (Å²) in [7, 11) is -3.81. The average Bonchev–Trinajstić information content (AvgIpc) is 3.20. The Labute approximate surface area is 195 Å². The van der Waals surface area contributed by atoms with Crippen LogP contribution in [0.4, 0.5) is 18.9 Å². The Morgan fingerprint density at radius 3 is 2.35 bits per heavy atom. The number of rotatable bonds is 5. The number of alkyl halides is 3. The SMILES string of the molecule is O=C(Nc1ccc(-n2cccn2)cc1C(F)(F)F)c1cccc(S(=O)(=O)N2CCCCCC2)c1.